The van der Waals surface area contributed by atoms with Gasteiger partial charge in [-0.15, -0.1) is 0 Å². The van der Waals surface area contributed by atoms with Crippen LogP contribution >= 0.6 is 0 Å². The second kappa shape index (κ2) is 8.62. The van der Waals surface area contributed by atoms with Gasteiger partial charge in [0.05, 0.1) is 23.4 Å². The number of fused-ring (bicyclic) bond motifs is 1. The van der Waals surface area contributed by atoms with Crippen molar-refractivity contribution < 1.29 is 21.6 Å². The highest BCUT2D eigenvalue weighted by atomic mass is 32.2. The van der Waals surface area contributed by atoms with E-state index in [1.165, 1.54) is 23.5 Å². The monoisotopic (exact) mass is 438 g/mol. The number of benzene rings is 2. The van der Waals surface area contributed by atoms with Gasteiger partial charge in [-0.3, -0.25) is 9.03 Å². The lowest BCUT2D eigenvalue weighted by Crippen LogP contribution is -2.35. The molecule has 0 fully saturated rings. The number of rotatable bonds is 8. The largest absolute Gasteiger partial charge is 0.497 e. The van der Waals surface area contributed by atoms with E-state index in [4.69, 9.17) is 4.74 Å². The third-order valence-electron chi connectivity index (χ3n) is 4.84. The lowest BCUT2D eigenvalue weighted by molar-refractivity contribution is 0.414. The van der Waals surface area contributed by atoms with Crippen molar-refractivity contribution in [3.8, 4) is 5.75 Å². The smallest absolute Gasteiger partial charge is 0.264 e. The number of hydrogen-bond acceptors (Lipinski definition) is 5. The van der Waals surface area contributed by atoms with Gasteiger partial charge in [-0.25, -0.2) is 16.8 Å². The van der Waals surface area contributed by atoms with Crippen LogP contribution in [0.2, 0.25) is 0 Å². The minimum absolute atomic E-state index is 0.0680. The van der Waals surface area contributed by atoms with Gasteiger partial charge < -0.3 is 4.74 Å². The van der Waals surface area contributed by atoms with Crippen LogP contribution in [-0.2, 0) is 26.5 Å². The van der Waals surface area contributed by atoms with Crippen LogP contribution in [0.4, 0.5) is 11.4 Å². The third-order valence-corrected chi connectivity index (χ3v) is 8.04. The molecular formula is C20H26N2O5S2. The van der Waals surface area contributed by atoms with Gasteiger partial charge in [-0.1, -0.05) is 13.3 Å². The van der Waals surface area contributed by atoms with Crippen LogP contribution in [0.15, 0.2) is 47.4 Å². The van der Waals surface area contributed by atoms with Gasteiger partial charge in [0.25, 0.3) is 10.0 Å². The molecule has 9 heteroatoms. The van der Waals surface area contributed by atoms with Gasteiger partial charge in [0.2, 0.25) is 10.0 Å². The summed E-state index contributed by atoms with van der Waals surface area (Å²) in [6.45, 7) is 2.31. The SMILES string of the molecule is CCCCS(=O)(=O)Nc1ccc2c(c1)CCCN2S(=O)(=O)c1ccc(OC)cc1. The molecule has 0 saturated carbocycles. The Kier molecular flexibility index (Phi) is 6.38. The number of aryl methyl sites for hydroxylation is 1. The Morgan fingerprint density at radius 1 is 1.07 bits per heavy atom. The van der Waals surface area contributed by atoms with Gasteiger partial charge in [-0.2, -0.15) is 0 Å². The fourth-order valence-corrected chi connectivity index (χ4v) is 6.11. The summed E-state index contributed by atoms with van der Waals surface area (Å²) in [6.07, 6.45) is 2.74. The van der Waals surface area contributed by atoms with E-state index in [0.29, 0.717) is 42.9 Å². The molecule has 29 heavy (non-hydrogen) atoms. The van der Waals surface area contributed by atoms with Crippen molar-refractivity contribution in [1.82, 2.24) is 0 Å². The zero-order chi connectivity index (χ0) is 21.1. The van der Waals surface area contributed by atoms with Crippen molar-refractivity contribution in [1.29, 1.82) is 0 Å². The number of nitrogens with zero attached hydrogens (tertiary/aromatic N) is 1. The number of ether oxygens (including phenoxy) is 1. The molecule has 0 atom stereocenters. The first-order chi connectivity index (χ1) is 13.8. The maximum atomic E-state index is 13.2. The zero-order valence-electron chi connectivity index (χ0n) is 16.6. The first-order valence-corrected chi connectivity index (χ1v) is 12.7. The average Bonchev–Trinajstić information content (AvgIpc) is 2.71. The highest BCUT2D eigenvalue weighted by molar-refractivity contribution is 7.93. The third kappa shape index (κ3) is 4.84. The highest BCUT2D eigenvalue weighted by Crippen LogP contribution is 2.34. The Morgan fingerprint density at radius 3 is 2.45 bits per heavy atom. The summed E-state index contributed by atoms with van der Waals surface area (Å²) in [5, 5.41) is 0. The molecular weight excluding hydrogens is 412 g/mol. The first-order valence-electron chi connectivity index (χ1n) is 9.57. The normalized spacial score (nSPS) is 14.3. The number of methoxy groups -OCH3 is 1. The van der Waals surface area contributed by atoms with Crippen molar-refractivity contribution in [2.75, 3.05) is 28.4 Å². The molecule has 0 bridgehead atoms. The van der Waals surface area contributed by atoms with E-state index in [2.05, 4.69) is 4.72 Å². The first kappa shape index (κ1) is 21.4. The fraction of sp³-hybridized carbons (Fsp3) is 0.400. The van der Waals surface area contributed by atoms with E-state index in [9.17, 15) is 16.8 Å². The van der Waals surface area contributed by atoms with Crippen LogP contribution < -0.4 is 13.8 Å². The lowest BCUT2D eigenvalue weighted by Gasteiger charge is -2.31. The summed E-state index contributed by atoms with van der Waals surface area (Å²) >= 11 is 0. The maximum absolute atomic E-state index is 13.2. The number of unbranched alkanes of at least 4 members (excludes halogenated alkanes) is 1. The summed E-state index contributed by atoms with van der Waals surface area (Å²) in [7, 11) is -5.60. The van der Waals surface area contributed by atoms with Crippen molar-refractivity contribution in [2.45, 2.75) is 37.5 Å². The Bertz CT molecular complexity index is 1060. The molecule has 2 aromatic carbocycles. The highest BCUT2D eigenvalue weighted by Gasteiger charge is 2.29. The quantitative estimate of drug-likeness (QED) is 0.682. The number of sulfonamides is 2. The molecule has 0 aromatic heterocycles. The van der Waals surface area contributed by atoms with Crippen molar-refractivity contribution in [2.24, 2.45) is 0 Å². The Balaban J connectivity index is 1.88. The number of anilines is 2. The van der Waals surface area contributed by atoms with Gasteiger partial charge in [-0.05, 0) is 67.3 Å². The molecule has 7 nitrogen and oxygen atoms in total. The molecule has 0 unspecified atom stereocenters. The second-order valence-electron chi connectivity index (χ2n) is 6.97. The van der Waals surface area contributed by atoms with Crippen molar-refractivity contribution >= 4 is 31.4 Å². The van der Waals surface area contributed by atoms with Gasteiger partial charge in [0.15, 0.2) is 0 Å². The Morgan fingerprint density at radius 2 is 1.79 bits per heavy atom. The lowest BCUT2D eigenvalue weighted by atomic mass is 10.0. The van der Waals surface area contributed by atoms with E-state index < -0.39 is 20.0 Å². The van der Waals surface area contributed by atoms with Crippen LogP contribution in [0, 0.1) is 0 Å². The Labute approximate surface area is 172 Å². The van der Waals surface area contributed by atoms with Crippen molar-refractivity contribution in [3.63, 3.8) is 0 Å². The summed E-state index contributed by atoms with van der Waals surface area (Å²) in [5.41, 5.74) is 1.86. The standard InChI is InChI=1S/C20H26N2O5S2/c1-3-4-14-28(23,24)21-17-7-12-20-16(15-17)6-5-13-22(20)29(25,26)19-10-8-18(27-2)9-11-19/h7-12,15,21H,3-6,13-14H2,1-2H3. The summed E-state index contributed by atoms with van der Waals surface area (Å²) in [5.74, 6) is 0.654. The molecule has 1 heterocycles. The zero-order valence-corrected chi connectivity index (χ0v) is 18.2. The molecule has 158 valence electrons. The molecule has 0 spiro atoms. The second-order valence-corrected chi connectivity index (χ2v) is 10.7. The average molecular weight is 439 g/mol. The summed E-state index contributed by atoms with van der Waals surface area (Å²) in [6, 6.07) is 11.3. The van der Waals surface area contributed by atoms with Gasteiger partial charge in [0.1, 0.15) is 5.75 Å². The van der Waals surface area contributed by atoms with E-state index >= 15 is 0 Å². The van der Waals surface area contributed by atoms with Gasteiger partial charge in [0, 0.05) is 12.2 Å². The summed E-state index contributed by atoms with van der Waals surface area (Å²) in [4.78, 5) is 0.190. The number of hydrogen-bond donors (Lipinski definition) is 1. The molecule has 0 radical (unpaired) electrons. The molecule has 1 aliphatic rings. The molecule has 0 amide bonds. The van der Waals surface area contributed by atoms with Crippen LogP contribution in [0.1, 0.15) is 31.7 Å². The predicted molar refractivity (Wildman–Crippen MR) is 115 cm³/mol. The van der Waals surface area contributed by atoms with E-state index in [1.54, 1.807) is 30.3 Å². The molecule has 0 saturated heterocycles. The van der Waals surface area contributed by atoms with Crippen molar-refractivity contribution in [3.05, 3.63) is 48.0 Å². The van der Waals surface area contributed by atoms with Crippen LogP contribution in [0.3, 0.4) is 0 Å². The summed E-state index contributed by atoms with van der Waals surface area (Å²) < 4.78 is 59.7. The maximum Gasteiger partial charge on any atom is 0.264 e. The minimum Gasteiger partial charge on any atom is -0.497 e. The van der Waals surface area contributed by atoms with E-state index in [1.807, 2.05) is 6.92 Å². The van der Waals surface area contributed by atoms with Gasteiger partial charge >= 0.3 is 0 Å². The predicted octanol–water partition coefficient (Wildman–Crippen LogP) is 3.38. The van der Waals surface area contributed by atoms with E-state index in [-0.39, 0.29) is 10.6 Å². The molecule has 2 aromatic rings. The Hall–Kier alpha value is -2.26. The molecule has 1 N–H and O–H groups in total. The van der Waals surface area contributed by atoms with Crippen LogP contribution in [-0.4, -0.2) is 36.2 Å². The molecule has 3 rings (SSSR count). The molecule has 1 aliphatic heterocycles. The van der Waals surface area contributed by atoms with Crippen LogP contribution in [0.5, 0.6) is 5.75 Å². The van der Waals surface area contributed by atoms with E-state index in [0.717, 1.165) is 12.0 Å². The molecule has 0 aliphatic carbocycles. The fourth-order valence-electron chi connectivity index (χ4n) is 3.32. The minimum atomic E-state index is -3.72. The number of nitrogens with one attached hydrogen (secondary N) is 1. The topological polar surface area (TPSA) is 92.8 Å². The van der Waals surface area contributed by atoms with Crippen LogP contribution in [0.25, 0.3) is 0 Å².